The molecule has 0 bridgehead atoms. The minimum Gasteiger partial charge on any atom is -0.545 e. The minimum atomic E-state index is -1.76. The van der Waals surface area contributed by atoms with Gasteiger partial charge in [0.1, 0.15) is 17.3 Å². The van der Waals surface area contributed by atoms with Crippen molar-refractivity contribution < 1.29 is 177 Å². The summed E-state index contributed by atoms with van der Waals surface area (Å²) in [5.41, 5.74) is 14.8. The van der Waals surface area contributed by atoms with Crippen molar-refractivity contribution in [1.29, 1.82) is 10.5 Å². The fourth-order valence-electron chi connectivity index (χ4n) is 8.32. The number of aromatic carboxylic acids is 6. The van der Waals surface area contributed by atoms with E-state index < -0.39 is 93.0 Å². The Morgan fingerprint density at radius 3 is 1.12 bits per heavy atom. The molecule has 0 unspecified atom stereocenters. The van der Waals surface area contributed by atoms with Crippen molar-refractivity contribution in [1.82, 2.24) is 73.6 Å². The predicted octanol–water partition coefficient (Wildman–Crippen LogP) is -20.9. The maximum absolute atomic E-state index is 11.8. The summed E-state index contributed by atoms with van der Waals surface area (Å²) in [6.07, 6.45) is 4.79. The van der Waals surface area contributed by atoms with Crippen LogP contribution in [-0.4, -0.2) is 109 Å². The maximum Gasteiger partial charge on any atom is 1.00 e. The van der Waals surface area contributed by atoms with Crippen LogP contribution in [0.15, 0.2) is 104 Å². The first kappa shape index (κ1) is 77.4. The predicted molar refractivity (Wildman–Crippen MR) is 280 cm³/mol. The summed E-state index contributed by atoms with van der Waals surface area (Å²) in [5, 5.41) is 142. The molecule has 0 radical (unpaired) electrons. The SMILES string of the molecule is [C-]#[N+]c1cnn(-c2cc(C(=O)[O-])cc(C(=O)[O-])c2)c1N=Nc1c(C)nn(-c2nc(-n3nc(C)c(N=Nc4c(C#N)cnn4-c4cc(C(=O)[O-])cc(C(=O)[O-])c4)c3N)nc(-n3nc(C)c(N=Nc4n(-c5cc(C(=O)[O-])cc(C(=O)[O-])c5)nc[n+]4C#N)c3N)n2)c1N.[Li+].[Li+].[Li+].[Li+].[Li+].[Li+]. The molecule has 0 aliphatic carbocycles. The van der Waals surface area contributed by atoms with Crippen LogP contribution in [0, 0.1) is 50.1 Å². The molecule has 46 heteroatoms. The van der Waals surface area contributed by atoms with Crippen LogP contribution in [-0.2, 0) is 0 Å². The summed E-state index contributed by atoms with van der Waals surface area (Å²) in [7, 11) is 0. The third-order valence-electron chi connectivity index (χ3n) is 12.5. The Bertz CT molecular complexity index is 4450. The molecule has 0 atom stereocenters. The molecule has 6 N–H and O–H groups in total. The third-order valence-corrected chi connectivity index (χ3v) is 12.5. The van der Waals surface area contributed by atoms with Crippen LogP contribution in [0.5, 0.6) is 0 Å². The molecule has 7 aromatic heterocycles. The number of nitrogen functional groups attached to an aromatic ring is 3. The van der Waals surface area contributed by atoms with Gasteiger partial charge in [-0.15, -0.1) is 29.7 Å². The molecule has 96 heavy (non-hydrogen) atoms. The van der Waals surface area contributed by atoms with Gasteiger partial charge < -0.3 is 76.6 Å². The van der Waals surface area contributed by atoms with E-state index in [1.807, 2.05) is 6.07 Å². The summed E-state index contributed by atoms with van der Waals surface area (Å²) in [6, 6.07) is 10.1. The second kappa shape index (κ2) is 31.2. The number of carbonyl (C=O) groups excluding carboxylic acids is 6. The summed E-state index contributed by atoms with van der Waals surface area (Å²) in [6.45, 7) is 12.0. The van der Waals surface area contributed by atoms with E-state index >= 15 is 0 Å². The molecule has 0 saturated heterocycles. The quantitative estimate of drug-likeness (QED) is 0.0311. The number of azo groups is 3. The number of anilines is 3. The van der Waals surface area contributed by atoms with E-state index in [1.54, 1.807) is 6.19 Å². The Morgan fingerprint density at radius 2 is 0.792 bits per heavy atom. The number of hydrogen-bond donors (Lipinski definition) is 3. The van der Waals surface area contributed by atoms with Gasteiger partial charge in [-0.05, 0) is 113 Å². The van der Waals surface area contributed by atoms with Crippen LogP contribution in [0.25, 0.3) is 39.8 Å². The number of carboxylic acids is 6. The summed E-state index contributed by atoms with van der Waals surface area (Å²) >= 11 is 0. The first-order chi connectivity index (χ1) is 42.9. The van der Waals surface area contributed by atoms with Gasteiger partial charge in [-0.1, -0.05) is 5.11 Å². The van der Waals surface area contributed by atoms with Gasteiger partial charge in [0.2, 0.25) is 6.33 Å². The molecule has 10 rings (SSSR count). The van der Waals surface area contributed by atoms with Crippen molar-refractivity contribution in [2.75, 3.05) is 17.2 Å². The summed E-state index contributed by atoms with van der Waals surface area (Å²) < 4.78 is 6.24. The number of nitrogens with two attached hydrogens (primary N) is 3. The van der Waals surface area contributed by atoms with E-state index in [9.17, 15) is 69.9 Å². The van der Waals surface area contributed by atoms with Gasteiger partial charge >= 0.3 is 125 Å². The molecule has 3 aromatic carbocycles. The zero-order valence-corrected chi connectivity index (χ0v) is 51.2. The van der Waals surface area contributed by atoms with Gasteiger partial charge in [0.25, 0.3) is 23.5 Å². The smallest absolute Gasteiger partial charge is 0.545 e. The zero-order valence-electron chi connectivity index (χ0n) is 51.2. The van der Waals surface area contributed by atoms with Crippen molar-refractivity contribution in [3.8, 4) is 47.2 Å². The van der Waals surface area contributed by atoms with Crippen LogP contribution in [0.1, 0.15) is 84.8 Å². The Balaban J connectivity index is 0.00000327. The van der Waals surface area contributed by atoms with Gasteiger partial charge in [-0.2, -0.15) is 59.8 Å². The summed E-state index contributed by atoms with van der Waals surface area (Å²) in [5.74, 6) is -14.2. The van der Waals surface area contributed by atoms with E-state index in [0.29, 0.717) is 0 Å². The first-order valence-electron chi connectivity index (χ1n) is 24.6. The Kier molecular flexibility index (Phi) is 25.2. The standard InChI is InChI=1S/C50H32N28O12.6Li/c1-19-33(63-66-39-28(14-51)15-57-73(39)29-8-22(41(79)80)5-23(9-29)42(81)82)36(53)76(69-19)47-60-48(77-37(54)34(20(2)70-77)64-67-40-32(56-4)16-58-74(40)30-10-24(43(83)84)6-25(11-30)44(85)86)62-49(61-47)78-38(55)35(21(3)71-78)65-68-50-72(17-52)18-59-75(50)31-12-26(45(87)88)7-27(13-31)46(89)90;;;;;;/h5-13,15-16,18,55H,1-3H3,(H10,53,54,57,58,66,67,69,70,79,80,81,82,83,84,85,86,87,88,89,90);;;;;;/q;6*+1/p-5. The maximum atomic E-state index is 11.8. The average Bonchev–Trinajstić information content (AvgIpc) is 1.59. The van der Waals surface area contributed by atoms with Crippen molar-refractivity contribution in [2.24, 2.45) is 30.7 Å². The van der Waals surface area contributed by atoms with Crippen LogP contribution in [0.2, 0.25) is 0 Å². The first-order valence-corrected chi connectivity index (χ1v) is 24.6. The van der Waals surface area contributed by atoms with Gasteiger partial charge in [-0.25, -0.2) is 14.2 Å². The summed E-state index contributed by atoms with van der Waals surface area (Å²) in [4.78, 5) is 88.0. The fraction of sp³-hybridized carbons (Fsp3) is 0.0600. The molecule has 0 saturated carbocycles. The van der Waals surface area contributed by atoms with Crippen molar-refractivity contribution in [3.63, 3.8) is 0 Å². The Labute approximate surface area is 606 Å². The molecule has 0 fully saturated rings. The second-order valence-corrected chi connectivity index (χ2v) is 18.2. The van der Waals surface area contributed by atoms with E-state index in [2.05, 4.69) is 81.1 Å². The second-order valence-electron chi connectivity index (χ2n) is 18.2. The van der Waals surface area contributed by atoms with Crippen LogP contribution in [0.4, 0.5) is 57.8 Å². The topological polar surface area (TPSA) is 594 Å². The number of hydrogen-bond acceptors (Lipinski definition) is 32. The monoisotopic (exact) mass is 1250 g/mol. The molecule has 40 nitrogen and oxygen atoms in total. The van der Waals surface area contributed by atoms with E-state index in [4.69, 9.17) is 23.8 Å². The van der Waals surface area contributed by atoms with Crippen LogP contribution >= 0.6 is 0 Å². The van der Waals surface area contributed by atoms with Gasteiger partial charge in [0.15, 0.2) is 46.2 Å². The van der Waals surface area contributed by atoms with Crippen LogP contribution in [0.3, 0.4) is 0 Å². The molecular formula is C50H27Li6N28O12+. The molecular weight excluding hydrogens is 1230 g/mol. The number of nitrogens with zero attached hydrogens (tertiary/aromatic N) is 25. The molecule has 0 aliphatic heterocycles. The molecule has 0 spiro atoms. The number of carbonyl (C=O) groups is 6. The van der Waals surface area contributed by atoms with Crippen LogP contribution < -0.4 is 166 Å². The fourth-order valence-corrected chi connectivity index (χ4v) is 8.32. The number of benzene rings is 3. The molecule has 7 heterocycles. The molecule has 10 aromatic rings. The number of rotatable bonds is 18. The molecule has 0 aliphatic rings. The number of nitriles is 2. The largest absolute Gasteiger partial charge is 1.00 e. The minimum absolute atomic E-state index is 0. The van der Waals surface area contributed by atoms with Crippen molar-refractivity contribution in [3.05, 3.63) is 141 Å². The molecule has 0 amide bonds. The normalized spacial score (nSPS) is 10.6. The van der Waals surface area contributed by atoms with Gasteiger partial charge in [0, 0.05) is 11.1 Å². The average molecular weight is 1250 g/mol. The van der Waals surface area contributed by atoms with Crippen molar-refractivity contribution in [2.45, 2.75) is 20.8 Å². The van der Waals surface area contributed by atoms with E-state index in [-0.39, 0.29) is 205 Å². The number of aromatic nitrogens is 16. The van der Waals surface area contributed by atoms with Gasteiger partial charge in [-0.3, -0.25) is 0 Å². The number of carboxylic acid groups (broad SMARTS) is 6. The van der Waals surface area contributed by atoms with Gasteiger partial charge in [0.05, 0.1) is 83.2 Å². The zero-order chi connectivity index (χ0) is 64.7. The third kappa shape index (κ3) is 15.0. The molecule has 444 valence electrons. The Morgan fingerprint density at radius 1 is 0.469 bits per heavy atom. The van der Waals surface area contributed by atoms with Crippen molar-refractivity contribution >= 4 is 93.6 Å². The van der Waals surface area contributed by atoms with E-state index in [1.165, 1.54) is 20.8 Å². The van der Waals surface area contributed by atoms with E-state index in [0.717, 1.165) is 106 Å². The number of aryl methyl sites for hydroxylation is 3. The Hall–Kier alpha value is -11.1.